The lowest BCUT2D eigenvalue weighted by Crippen LogP contribution is -2.39. The van der Waals surface area contributed by atoms with Gasteiger partial charge in [0.1, 0.15) is 11.6 Å². The normalized spacial score (nSPS) is 17.0. The van der Waals surface area contributed by atoms with Crippen molar-refractivity contribution in [1.29, 1.82) is 0 Å². The lowest BCUT2D eigenvalue weighted by Gasteiger charge is -2.32. The molecule has 2 aromatic rings. The summed E-state index contributed by atoms with van der Waals surface area (Å²) < 4.78 is 26.8. The number of thiazole rings is 1. The Balaban J connectivity index is 1.64. The van der Waals surface area contributed by atoms with Crippen molar-refractivity contribution >= 4 is 23.2 Å². The number of piperidine rings is 1. The second-order valence-electron chi connectivity index (χ2n) is 6.66. The number of hydrogen-bond acceptors (Lipinski definition) is 4. The second-order valence-corrected chi connectivity index (χ2v) is 7.55. The maximum atomic E-state index is 13.4. The highest BCUT2D eigenvalue weighted by molar-refractivity contribution is 7.09. The number of nitrogens with one attached hydrogen (secondary N) is 1. The van der Waals surface area contributed by atoms with Gasteiger partial charge in [-0.25, -0.2) is 13.8 Å². The Labute approximate surface area is 160 Å². The van der Waals surface area contributed by atoms with Crippen LogP contribution in [0.15, 0.2) is 23.6 Å². The Bertz CT molecular complexity index is 820. The van der Waals surface area contributed by atoms with Crippen molar-refractivity contribution in [1.82, 2.24) is 15.2 Å². The molecule has 27 heavy (non-hydrogen) atoms. The Morgan fingerprint density at radius 1 is 1.30 bits per heavy atom. The third-order valence-electron chi connectivity index (χ3n) is 4.49. The zero-order valence-electron chi connectivity index (χ0n) is 15.0. The van der Waals surface area contributed by atoms with E-state index >= 15 is 0 Å². The molecule has 5 nitrogen and oxygen atoms in total. The molecule has 1 aliphatic rings. The predicted molar refractivity (Wildman–Crippen MR) is 98.7 cm³/mol. The summed E-state index contributed by atoms with van der Waals surface area (Å²) >= 11 is 1.55. The Morgan fingerprint density at radius 3 is 2.74 bits per heavy atom. The molecule has 1 aromatic carbocycles. The fourth-order valence-electron chi connectivity index (χ4n) is 3.21. The molecule has 1 atom stereocenters. The molecule has 1 aliphatic heterocycles. The smallest absolute Gasteiger partial charge is 0.254 e. The van der Waals surface area contributed by atoms with Crippen LogP contribution in [0, 0.1) is 11.6 Å². The standard InChI is InChI=1S/C19H21F2N3O2S/c1-12(25)22-5-4-17-11-27-18(23-17)13-3-2-6-24(10-13)19(26)14-7-15(20)9-16(21)8-14/h7-9,11,13H,2-6,10H2,1H3,(H,22,25)/t13-/m0/s1. The first-order valence-electron chi connectivity index (χ1n) is 8.86. The Kier molecular flexibility index (Phi) is 6.15. The van der Waals surface area contributed by atoms with Gasteiger partial charge in [0.25, 0.3) is 5.91 Å². The highest BCUT2D eigenvalue weighted by atomic mass is 32.1. The summed E-state index contributed by atoms with van der Waals surface area (Å²) in [6.07, 6.45) is 2.39. The minimum absolute atomic E-state index is 0.0308. The molecule has 2 amide bonds. The zero-order chi connectivity index (χ0) is 19.4. The predicted octanol–water partition coefficient (Wildman–Crippen LogP) is 3.12. The number of halogens is 2. The van der Waals surface area contributed by atoms with E-state index in [0.717, 1.165) is 41.7 Å². The molecule has 1 fully saturated rings. The first kappa shape index (κ1) is 19.4. The number of carbonyl (C=O) groups excluding carboxylic acids is 2. The molecule has 1 saturated heterocycles. The number of nitrogens with zero attached hydrogens (tertiary/aromatic N) is 2. The number of benzene rings is 1. The van der Waals surface area contributed by atoms with E-state index in [2.05, 4.69) is 10.3 Å². The average Bonchev–Trinajstić information content (AvgIpc) is 3.09. The fourth-order valence-corrected chi connectivity index (χ4v) is 4.20. The van der Waals surface area contributed by atoms with Crippen LogP contribution in [0.5, 0.6) is 0 Å². The number of amides is 2. The lowest BCUT2D eigenvalue weighted by atomic mass is 9.98. The maximum Gasteiger partial charge on any atom is 0.254 e. The van der Waals surface area contributed by atoms with Crippen LogP contribution in [0.1, 0.15) is 46.7 Å². The molecule has 0 aliphatic carbocycles. The van der Waals surface area contributed by atoms with Crippen LogP contribution >= 0.6 is 11.3 Å². The first-order valence-corrected chi connectivity index (χ1v) is 9.74. The Morgan fingerprint density at radius 2 is 2.04 bits per heavy atom. The van der Waals surface area contributed by atoms with Crippen molar-refractivity contribution in [2.75, 3.05) is 19.6 Å². The molecule has 8 heteroatoms. The molecule has 0 saturated carbocycles. The van der Waals surface area contributed by atoms with Crippen LogP contribution < -0.4 is 5.32 Å². The van der Waals surface area contributed by atoms with E-state index in [0.29, 0.717) is 26.1 Å². The van der Waals surface area contributed by atoms with Gasteiger partial charge in [-0.05, 0) is 25.0 Å². The minimum atomic E-state index is -0.754. The molecule has 3 rings (SSSR count). The van der Waals surface area contributed by atoms with E-state index in [1.807, 2.05) is 5.38 Å². The van der Waals surface area contributed by atoms with Crippen molar-refractivity contribution in [2.24, 2.45) is 0 Å². The topological polar surface area (TPSA) is 62.3 Å². The molecular formula is C19H21F2N3O2S. The van der Waals surface area contributed by atoms with Crippen LogP contribution in [0.2, 0.25) is 0 Å². The minimum Gasteiger partial charge on any atom is -0.356 e. The SMILES string of the molecule is CC(=O)NCCc1csc([C@H]2CCCN(C(=O)c3cc(F)cc(F)c3)C2)n1. The summed E-state index contributed by atoms with van der Waals surface area (Å²) in [6.45, 7) is 3.06. The van der Waals surface area contributed by atoms with E-state index in [1.54, 1.807) is 16.2 Å². The quantitative estimate of drug-likeness (QED) is 0.849. The molecule has 1 aromatic heterocycles. The van der Waals surface area contributed by atoms with Gasteiger partial charge in [-0.3, -0.25) is 9.59 Å². The van der Waals surface area contributed by atoms with Crippen molar-refractivity contribution < 1.29 is 18.4 Å². The fraction of sp³-hybridized carbons (Fsp3) is 0.421. The monoisotopic (exact) mass is 393 g/mol. The van der Waals surface area contributed by atoms with E-state index < -0.39 is 11.6 Å². The third kappa shape index (κ3) is 5.09. The van der Waals surface area contributed by atoms with Gasteiger partial charge in [-0.2, -0.15) is 0 Å². The van der Waals surface area contributed by atoms with Gasteiger partial charge >= 0.3 is 0 Å². The van der Waals surface area contributed by atoms with Crippen molar-refractivity contribution in [2.45, 2.75) is 32.1 Å². The van der Waals surface area contributed by atoms with Gasteiger partial charge in [-0.1, -0.05) is 0 Å². The zero-order valence-corrected chi connectivity index (χ0v) is 15.8. The number of likely N-dealkylation sites (tertiary alicyclic amines) is 1. The van der Waals surface area contributed by atoms with Crippen LogP contribution in [0.3, 0.4) is 0 Å². The third-order valence-corrected chi connectivity index (χ3v) is 5.55. The number of carbonyl (C=O) groups is 2. The highest BCUT2D eigenvalue weighted by Gasteiger charge is 2.27. The van der Waals surface area contributed by atoms with Gasteiger partial charge in [0.05, 0.1) is 10.7 Å². The summed E-state index contributed by atoms with van der Waals surface area (Å²) in [6, 6.07) is 2.89. The summed E-state index contributed by atoms with van der Waals surface area (Å²) in [4.78, 5) is 29.8. The molecule has 1 N–H and O–H groups in total. The van der Waals surface area contributed by atoms with E-state index in [-0.39, 0.29) is 23.3 Å². The van der Waals surface area contributed by atoms with E-state index in [9.17, 15) is 18.4 Å². The van der Waals surface area contributed by atoms with E-state index in [1.165, 1.54) is 6.92 Å². The Hall–Kier alpha value is -2.35. The molecule has 0 unspecified atom stereocenters. The van der Waals surface area contributed by atoms with Gasteiger partial charge in [0.2, 0.25) is 5.91 Å². The van der Waals surface area contributed by atoms with Crippen LogP contribution in [-0.4, -0.2) is 41.3 Å². The van der Waals surface area contributed by atoms with Crippen LogP contribution in [0.25, 0.3) is 0 Å². The van der Waals surface area contributed by atoms with Crippen molar-refractivity contribution in [3.8, 4) is 0 Å². The molecule has 2 heterocycles. The van der Waals surface area contributed by atoms with Crippen LogP contribution in [-0.2, 0) is 11.2 Å². The average molecular weight is 393 g/mol. The van der Waals surface area contributed by atoms with E-state index in [4.69, 9.17) is 0 Å². The van der Waals surface area contributed by atoms with Gasteiger partial charge in [-0.15, -0.1) is 11.3 Å². The second kappa shape index (κ2) is 8.56. The van der Waals surface area contributed by atoms with Crippen LogP contribution in [0.4, 0.5) is 8.78 Å². The van der Waals surface area contributed by atoms with Gasteiger partial charge in [0.15, 0.2) is 0 Å². The number of rotatable bonds is 5. The molecule has 144 valence electrons. The van der Waals surface area contributed by atoms with Crippen molar-refractivity contribution in [3.63, 3.8) is 0 Å². The highest BCUT2D eigenvalue weighted by Crippen LogP contribution is 2.30. The van der Waals surface area contributed by atoms with Gasteiger partial charge in [0, 0.05) is 55.9 Å². The summed E-state index contributed by atoms with van der Waals surface area (Å²) in [5.74, 6) is -1.83. The first-order chi connectivity index (χ1) is 12.9. The lowest BCUT2D eigenvalue weighted by molar-refractivity contribution is -0.118. The number of hydrogen-bond donors (Lipinski definition) is 1. The van der Waals surface area contributed by atoms with Crippen molar-refractivity contribution in [3.05, 3.63) is 51.5 Å². The number of aromatic nitrogens is 1. The maximum absolute atomic E-state index is 13.4. The summed E-state index contributed by atoms with van der Waals surface area (Å²) in [5, 5.41) is 5.67. The summed E-state index contributed by atoms with van der Waals surface area (Å²) in [7, 11) is 0. The largest absolute Gasteiger partial charge is 0.356 e. The molecular weight excluding hydrogens is 372 g/mol. The molecule has 0 radical (unpaired) electrons. The molecule has 0 spiro atoms. The summed E-state index contributed by atoms with van der Waals surface area (Å²) in [5.41, 5.74) is 0.947. The molecule has 0 bridgehead atoms. The van der Waals surface area contributed by atoms with Gasteiger partial charge < -0.3 is 10.2 Å².